The molecule has 0 radical (unpaired) electrons. The Morgan fingerprint density at radius 2 is 1.88 bits per heavy atom. The van der Waals surface area contributed by atoms with E-state index >= 15 is 0 Å². The molecule has 32 heavy (non-hydrogen) atoms. The number of amides is 1. The number of nitrogen functional groups attached to an aromatic ring is 1. The van der Waals surface area contributed by atoms with Crippen molar-refractivity contribution in [3.8, 4) is 17.4 Å². The van der Waals surface area contributed by atoms with Crippen LogP contribution in [-0.4, -0.2) is 51.2 Å². The Bertz CT molecular complexity index is 1090. The molecule has 0 bridgehead atoms. The fraction of sp³-hybridized carbons (Fsp3) is 0.348. The third-order valence-electron chi connectivity index (χ3n) is 5.69. The van der Waals surface area contributed by atoms with Crippen molar-refractivity contribution in [1.82, 2.24) is 25.1 Å². The Labute approximate surface area is 186 Å². The van der Waals surface area contributed by atoms with E-state index in [9.17, 15) is 4.79 Å². The first kappa shape index (κ1) is 21.5. The van der Waals surface area contributed by atoms with Crippen molar-refractivity contribution in [2.24, 2.45) is 5.92 Å². The van der Waals surface area contributed by atoms with Gasteiger partial charge in [0.25, 0.3) is 5.91 Å². The van der Waals surface area contributed by atoms with Crippen LogP contribution in [0.1, 0.15) is 41.0 Å². The Balaban J connectivity index is 1.39. The Morgan fingerprint density at radius 1 is 1.12 bits per heavy atom. The highest BCUT2D eigenvalue weighted by Crippen LogP contribution is 2.34. The highest BCUT2D eigenvalue weighted by atomic mass is 16.5. The maximum atomic E-state index is 13.0. The monoisotopic (exact) mass is 434 g/mol. The number of ether oxygens (including phenoxy) is 2. The van der Waals surface area contributed by atoms with E-state index in [2.05, 4.69) is 27.1 Å². The van der Waals surface area contributed by atoms with E-state index in [4.69, 9.17) is 15.2 Å². The molecule has 0 spiro atoms. The van der Waals surface area contributed by atoms with E-state index < -0.39 is 0 Å². The standard InChI is InChI=1S/C23H26N6O3/c1-14-10-20(24)27-28-22(14)18-8-9-29(13-15(18)2)23(30)19-6-4-16(11-25-19)32-17-5-7-21(31-3)26-12-17/h4-7,10-12,15,18H,8-9,13H2,1-3H3,(H2,24,27)/t15?,18-/m1/s1. The molecule has 4 heterocycles. The highest BCUT2D eigenvalue weighted by Gasteiger charge is 2.32. The number of hydrogen-bond acceptors (Lipinski definition) is 8. The Hall–Kier alpha value is -3.75. The van der Waals surface area contributed by atoms with Gasteiger partial charge in [-0.15, -0.1) is 5.10 Å². The second-order valence-corrected chi connectivity index (χ2v) is 7.98. The lowest BCUT2D eigenvalue weighted by Crippen LogP contribution is -2.42. The minimum Gasteiger partial charge on any atom is -0.481 e. The summed E-state index contributed by atoms with van der Waals surface area (Å²) in [4.78, 5) is 23.3. The number of methoxy groups -OCH3 is 1. The third-order valence-corrected chi connectivity index (χ3v) is 5.69. The molecule has 2 atom stereocenters. The summed E-state index contributed by atoms with van der Waals surface area (Å²) < 4.78 is 10.8. The van der Waals surface area contributed by atoms with Crippen LogP contribution in [0.3, 0.4) is 0 Å². The van der Waals surface area contributed by atoms with Gasteiger partial charge in [0, 0.05) is 25.1 Å². The van der Waals surface area contributed by atoms with Crippen LogP contribution in [0.15, 0.2) is 42.7 Å². The quantitative estimate of drug-likeness (QED) is 0.651. The van der Waals surface area contributed by atoms with Crippen molar-refractivity contribution in [2.75, 3.05) is 25.9 Å². The predicted octanol–water partition coefficient (Wildman–Crippen LogP) is 3.22. The van der Waals surface area contributed by atoms with Gasteiger partial charge in [0.1, 0.15) is 23.0 Å². The van der Waals surface area contributed by atoms with Crippen molar-refractivity contribution in [3.05, 3.63) is 59.7 Å². The fourth-order valence-corrected chi connectivity index (χ4v) is 4.03. The van der Waals surface area contributed by atoms with Gasteiger partial charge in [0.15, 0.2) is 0 Å². The average molecular weight is 435 g/mol. The molecular weight excluding hydrogens is 408 g/mol. The van der Waals surface area contributed by atoms with Crippen LogP contribution in [0.4, 0.5) is 5.82 Å². The first-order valence-corrected chi connectivity index (χ1v) is 10.5. The molecule has 1 fully saturated rings. The Kier molecular flexibility index (Phi) is 6.16. The van der Waals surface area contributed by atoms with Gasteiger partial charge in [-0.3, -0.25) is 4.79 Å². The molecule has 166 valence electrons. The first-order chi connectivity index (χ1) is 15.4. The maximum Gasteiger partial charge on any atom is 0.272 e. The molecule has 3 aromatic rings. The summed E-state index contributed by atoms with van der Waals surface area (Å²) in [7, 11) is 1.55. The van der Waals surface area contributed by atoms with Gasteiger partial charge in [0.05, 0.1) is 25.2 Å². The van der Waals surface area contributed by atoms with Crippen LogP contribution in [0.2, 0.25) is 0 Å². The lowest BCUT2D eigenvalue weighted by atomic mass is 9.82. The molecule has 9 nitrogen and oxygen atoms in total. The smallest absolute Gasteiger partial charge is 0.272 e. The second kappa shape index (κ2) is 9.17. The molecule has 1 aliphatic rings. The van der Waals surface area contributed by atoms with E-state index in [1.54, 1.807) is 43.8 Å². The molecule has 0 aliphatic carbocycles. The summed E-state index contributed by atoms with van der Waals surface area (Å²) in [6, 6.07) is 8.73. The van der Waals surface area contributed by atoms with Gasteiger partial charge < -0.3 is 20.1 Å². The molecule has 1 aliphatic heterocycles. The van der Waals surface area contributed by atoms with Crippen molar-refractivity contribution < 1.29 is 14.3 Å². The molecule has 1 amide bonds. The van der Waals surface area contributed by atoms with Crippen molar-refractivity contribution in [3.63, 3.8) is 0 Å². The minimum atomic E-state index is -0.0897. The number of nitrogens with zero attached hydrogens (tertiary/aromatic N) is 5. The number of anilines is 1. The number of piperidine rings is 1. The average Bonchev–Trinajstić information content (AvgIpc) is 2.80. The maximum absolute atomic E-state index is 13.0. The van der Waals surface area contributed by atoms with Crippen LogP contribution in [-0.2, 0) is 0 Å². The number of likely N-dealkylation sites (tertiary alicyclic amines) is 1. The van der Waals surface area contributed by atoms with Crippen LogP contribution >= 0.6 is 0 Å². The van der Waals surface area contributed by atoms with Crippen molar-refractivity contribution >= 4 is 11.7 Å². The summed E-state index contributed by atoms with van der Waals surface area (Å²) in [5.74, 6) is 2.42. The summed E-state index contributed by atoms with van der Waals surface area (Å²) >= 11 is 0. The summed E-state index contributed by atoms with van der Waals surface area (Å²) in [5.41, 5.74) is 8.13. The van der Waals surface area contributed by atoms with Gasteiger partial charge in [-0.2, -0.15) is 5.10 Å². The van der Waals surface area contributed by atoms with Crippen LogP contribution in [0.5, 0.6) is 17.4 Å². The van der Waals surface area contributed by atoms with E-state index in [0.717, 1.165) is 17.7 Å². The predicted molar refractivity (Wildman–Crippen MR) is 119 cm³/mol. The summed E-state index contributed by atoms with van der Waals surface area (Å²) in [6.07, 6.45) is 3.93. The summed E-state index contributed by atoms with van der Waals surface area (Å²) in [5, 5.41) is 8.33. The normalized spacial score (nSPS) is 18.3. The minimum absolute atomic E-state index is 0.0897. The lowest BCUT2D eigenvalue weighted by Gasteiger charge is -2.36. The number of hydrogen-bond donors (Lipinski definition) is 1. The second-order valence-electron chi connectivity index (χ2n) is 7.98. The number of carbonyl (C=O) groups excluding carboxylic acids is 1. The molecule has 0 saturated carbocycles. The van der Waals surface area contributed by atoms with Gasteiger partial charge in [-0.05, 0) is 49.1 Å². The highest BCUT2D eigenvalue weighted by molar-refractivity contribution is 5.92. The summed E-state index contributed by atoms with van der Waals surface area (Å²) in [6.45, 7) is 5.40. The zero-order chi connectivity index (χ0) is 22.7. The van der Waals surface area contributed by atoms with Gasteiger partial charge in [-0.1, -0.05) is 6.92 Å². The van der Waals surface area contributed by atoms with Crippen LogP contribution in [0.25, 0.3) is 0 Å². The van der Waals surface area contributed by atoms with Crippen molar-refractivity contribution in [2.45, 2.75) is 26.2 Å². The van der Waals surface area contributed by atoms with E-state index in [1.807, 2.05) is 17.9 Å². The molecule has 4 rings (SSSR count). The Morgan fingerprint density at radius 3 is 2.47 bits per heavy atom. The number of pyridine rings is 2. The molecule has 1 unspecified atom stereocenters. The topological polar surface area (TPSA) is 116 Å². The van der Waals surface area contributed by atoms with Gasteiger partial charge in [-0.25, -0.2) is 9.97 Å². The zero-order valence-corrected chi connectivity index (χ0v) is 18.4. The van der Waals surface area contributed by atoms with Crippen LogP contribution in [0, 0.1) is 12.8 Å². The third kappa shape index (κ3) is 4.61. The number of carbonyl (C=O) groups is 1. The number of aromatic nitrogens is 4. The number of aryl methyl sites for hydroxylation is 1. The molecule has 0 aromatic carbocycles. The zero-order valence-electron chi connectivity index (χ0n) is 18.4. The van der Waals surface area contributed by atoms with E-state index in [1.165, 1.54) is 0 Å². The molecule has 9 heteroatoms. The van der Waals surface area contributed by atoms with Gasteiger partial charge >= 0.3 is 0 Å². The number of nitrogens with two attached hydrogens (primary N) is 1. The molecule has 3 aromatic heterocycles. The first-order valence-electron chi connectivity index (χ1n) is 10.5. The van der Waals surface area contributed by atoms with E-state index in [0.29, 0.717) is 42.0 Å². The van der Waals surface area contributed by atoms with Crippen LogP contribution < -0.4 is 15.2 Å². The number of rotatable bonds is 5. The lowest BCUT2D eigenvalue weighted by molar-refractivity contribution is 0.0652. The largest absolute Gasteiger partial charge is 0.481 e. The van der Waals surface area contributed by atoms with E-state index in [-0.39, 0.29) is 17.7 Å². The molecule has 1 saturated heterocycles. The fourth-order valence-electron chi connectivity index (χ4n) is 4.03. The van der Waals surface area contributed by atoms with Gasteiger partial charge in [0.2, 0.25) is 5.88 Å². The SMILES string of the molecule is COc1ccc(Oc2ccc(C(=O)N3CC[C@@H](c4nnc(N)cc4C)C(C)C3)nc2)cn1. The van der Waals surface area contributed by atoms with Crippen molar-refractivity contribution in [1.29, 1.82) is 0 Å². The molecular formula is C23H26N6O3. The molecule has 2 N–H and O–H groups in total.